The minimum atomic E-state index is -0.388. The Morgan fingerprint density at radius 2 is 2.15 bits per heavy atom. The van der Waals surface area contributed by atoms with Crippen molar-refractivity contribution in [1.29, 1.82) is 0 Å². The maximum Gasteiger partial charge on any atom is 0.269 e. The summed E-state index contributed by atoms with van der Waals surface area (Å²) in [6, 6.07) is 6.41. The molecule has 3 heterocycles. The number of benzene rings is 1. The highest BCUT2D eigenvalue weighted by molar-refractivity contribution is 7.17. The fraction of sp³-hybridized carbons (Fsp3) is 0.412. The quantitative estimate of drug-likeness (QED) is 0.545. The Hall–Kier alpha value is -2.52. The Morgan fingerprint density at radius 3 is 2.81 bits per heavy atom. The van der Waals surface area contributed by atoms with Crippen LogP contribution in [0, 0.1) is 10.1 Å². The van der Waals surface area contributed by atoms with Crippen LogP contribution in [0.15, 0.2) is 24.3 Å². The Labute approximate surface area is 153 Å². The van der Waals surface area contributed by atoms with E-state index in [0.29, 0.717) is 17.2 Å². The van der Waals surface area contributed by atoms with Crippen LogP contribution in [0.5, 0.6) is 5.88 Å². The maximum absolute atomic E-state index is 11.2. The molecule has 26 heavy (non-hydrogen) atoms. The normalized spacial score (nSPS) is 16.3. The molecule has 2 aromatic heterocycles. The molecule has 1 aliphatic heterocycles. The molecule has 1 saturated heterocycles. The lowest BCUT2D eigenvalue weighted by Crippen LogP contribution is -2.26. The molecular weight excluding hydrogens is 354 g/mol. The number of nitrogens with zero attached hydrogens (tertiary/aromatic N) is 5. The van der Waals surface area contributed by atoms with Crippen molar-refractivity contribution >= 4 is 22.0 Å². The van der Waals surface area contributed by atoms with Gasteiger partial charge in [-0.05, 0) is 31.5 Å². The van der Waals surface area contributed by atoms with Crippen molar-refractivity contribution in [2.75, 3.05) is 13.1 Å². The summed E-state index contributed by atoms with van der Waals surface area (Å²) in [6.07, 6.45) is 2.85. The van der Waals surface area contributed by atoms with E-state index in [1.807, 2.05) is 13.0 Å². The van der Waals surface area contributed by atoms with Crippen LogP contribution in [0.3, 0.4) is 0 Å². The third-order valence-corrected chi connectivity index (χ3v) is 5.78. The molecule has 3 aromatic rings. The van der Waals surface area contributed by atoms with Gasteiger partial charge in [-0.2, -0.15) is 4.52 Å². The zero-order valence-corrected chi connectivity index (χ0v) is 15.1. The van der Waals surface area contributed by atoms with E-state index in [1.54, 1.807) is 12.1 Å². The first-order valence-corrected chi connectivity index (χ1v) is 9.46. The van der Waals surface area contributed by atoms with E-state index < -0.39 is 0 Å². The van der Waals surface area contributed by atoms with Crippen molar-refractivity contribution in [2.45, 2.75) is 32.2 Å². The molecule has 1 unspecified atom stereocenters. The summed E-state index contributed by atoms with van der Waals surface area (Å²) in [5, 5.41) is 26.3. The molecule has 0 amide bonds. The molecule has 0 spiro atoms. The number of aromatic hydroxyl groups is 1. The summed E-state index contributed by atoms with van der Waals surface area (Å²) in [4.78, 5) is 18.9. The van der Waals surface area contributed by atoms with Gasteiger partial charge >= 0.3 is 0 Å². The highest BCUT2D eigenvalue weighted by Gasteiger charge is 2.31. The van der Waals surface area contributed by atoms with Crippen molar-refractivity contribution in [1.82, 2.24) is 19.5 Å². The van der Waals surface area contributed by atoms with E-state index in [9.17, 15) is 15.2 Å². The molecule has 1 atom stereocenters. The highest BCUT2D eigenvalue weighted by Crippen LogP contribution is 2.41. The summed E-state index contributed by atoms with van der Waals surface area (Å²) in [5.41, 5.74) is 0.857. The van der Waals surface area contributed by atoms with Gasteiger partial charge in [-0.15, -0.1) is 5.10 Å². The van der Waals surface area contributed by atoms with Crippen LogP contribution in [0.1, 0.15) is 42.1 Å². The topological polar surface area (TPSA) is 96.8 Å². The van der Waals surface area contributed by atoms with Crippen LogP contribution < -0.4 is 0 Å². The van der Waals surface area contributed by atoms with Crippen LogP contribution in [0.4, 0.5) is 5.69 Å². The lowest BCUT2D eigenvalue weighted by atomic mass is 10.0. The number of aromatic nitrogens is 3. The monoisotopic (exact) mass is 373 g/mol. The number of nitro groups is 1. The molecule has 136 valence electrons. The van der Waals surface area contributed by atoms with Crippen LogP contribution in [-0.2, 0) is 6.42 Å². The third kappa shape index (κ3) is 2.82. The van der Waals surface area contributed by atoms with E-state index >= 15 is 0 Å². The average molecular weight is 373 g/mol. The minimum Gasteiger partial charge on any atom is -0.492 e. The third-order valence-electron chi connectivity index (χ3n) is 4.71. The molecule has 0 aliphatic carbocycles. The van der Waals surface area contributed by atoms with Gasteiger partial charge in [0.1, 0.15) is 0 Å². The first-order chi connectivity index (χ1) is 12.6. The molecule has 0 radical (unpaired) electrons. The van der Waals surface area contributed by atoms with Crippen molar-refractivity contribution in [2.24, 2.45) is 0 Å². The Kier molecular flexibility index (Phi) is 4.33. The van der Waals surface area contributed by atoms with Crippen LogP contribution in [0.25, 0.3) is 4.96 Å². The Bertz CT molecular complexity index is 961. The van der Waals surface area contributed by atoms with E-state index in [0.717, 1.165) is 36.4 Å². The van der Waals surface area contributed by atoms with Crippen LogP contribution >= 0.6 is 11.3 Å². The first kappa shape index (κ1) is 16.9. The smallest absolute Gasteiger partial charge is 0.269 e. The lowest BCUT2D eigenvalue weighted by molar-refractivity contribution is -0.384. The average Bonchev–Trinajstić information content (AvgIpc) is 3.35. The molecule has 0 bridgehead atoms. The molecule has 9 heteroatoms. The SMILES string of the molecule is CCc1nc2sc(C(c3cccc([N+](=O)[O-])c3)N3CCCC3)c(O)n2n1. The van der Waals surface area contributed by atoms with E-state index in [2.05, 4.69) is 15.0 Å². The molecule has 8 nitrogen and oxygen atoms in total. The molecule has 1 fully saturated rings. The second-order valence-electron chi connectivity index (χ2n) is 6.36. The number of likely N-dealkylation sites (tertiary alicyclic amines) is 1. The second kappa shape index (κ2) is 6.65. The van der Waals surface area contributed by atoms with Crippen molar-refractivity contribution < 1.29 is 10.0 Å². The van der Waals surface area contributed by atoms with Gasteiger partial charge in [0.2, 0.25) is 10.8 Å². The molecule has 4 rings (SSSR count). The summed E-state index contributed by atoms with van der Waals surface area (Å²) in [6.45, 7) is 3.74. The standard InChI is InChI=1S/C17H19N5O3S/c1-2-13-18-17-21(19-13)16(23)15(26-17)14(20-8-3-4-9-20)11-6-5-7-12(10-11)22(24)25/h5-7,10,14,23H,2-4,8-9H2,1H3. The molecule has 0 saturated carbocycles. The zero-order chi connectivity index (χ0) is 18.3. The summed E-state index contributed by atoms with van der Waals surface area (Å²) < 4.78 is 1.47. The van der Waals surface area contributed by atoms with Gasteiger partial charge in [-0.1, -0.05) is 30.4 Å². The lowest BCUT2D eigenvalue weighted by Gasteiger charge is -2.26. The molecule has 1 N–H and O–H groups in total. The van der Waals surface area contributed by atoms with E-state index in [-0.39, 0.29) is 22.5 Å². The van der Waals surface area contributed by atoms with Gasteiger partial charge in [0, 0.05) is 18.6 Å². The number of hydrogen-bond acceptors (Lipinski definition) is 7. The van der Waals surface area contributed by atoms with Crippen molar-refractivity contribution in [3.63, 3.8) is 0 Å². The van der Waals surface area contributed by atoms with Gasteiger partial charge in [0.15, 0.2) is 5.82 Å². The number of aryl methyl sites for hydroxylation is 1. The number of non-ortho nitro benzene ring substituents is 1. The van der Waals surface area contributed by atoms with Gasteiger partial charge in [0.05, 0.1) is 15.8 Å². The van der Waals surface area contributed by atoms with E-state index in [4.69, 9.17) is 0 Å². The van der Waals surface area contributed by atoms with Gasteiger partial charge in [-0.25, -0.2) is 4.98 Å². The highest BCUT2D eigenvalue weighted by atomic mass is 32.1. The van der Waals surface area contributed by atoms with Gasteiger partial charge in [-0.3, -0.25) is 15.0 Å². The van der Waals surface area contributed by atoms with Crippen LogP contribution in [-0.4, -0.2) is 42.6 Å². The number of thiazole rings is 1. The minimum absolute atomic E-state index is 0.0546. The predicted molar refractivity (Wildman–Crippen MR) is 97.7 cm³/mol. The number of hydrogen-bond donors (Lipinski definition) is 1. The second-order valence-corrected chi connectivity index (χ2v) is 7.37. The molecular formula is C17H19N5O3S. The largest absolute Gasteiger partial charge is 0.492 e. The number of rotatable bonds is 5. The number of fused-ring (bicyclic) bond motifs is 1. The fourth-order valence-electron chi connectivity index (χ4n) is 3.45. The number of nitro benzene ring substituents is 1. The molecule has 1 aromatic carbocycles. The zero-order valence-electron chi connectivity index (χ0n) is 14.3. The van der Waals surface area contributed by atoms with Crippen molar-refractivity contribution in [3.8, 4) is 5.88 Å². The summed E-state index contributed by atoms with van der Waals surface area (Å²) >= 11 is 1.39. The molecule has 1 aliphatic rings. The Balaban J connectivity index is 1.83. The van der Waals surface area contributed by atoms with E-state index in [1.165, 1.54) is 21.9 Å². The first-order valence-electron chi connectivity index (χ1n) is 8.64. The Morgan fingerprint density at radius 1 is 1.38 bits per heavy atom. The van der Waals surface area contributed by atoms with Gasteiger partial charge in [0.25, 0.3) is 5.69 Å². The summed E-state index contributed by atoms with van der Waals surface area (Å²) in [5.74, 6) is 0.756. The van der Waals surface area contributed by atoms with Gasteiger partial charge < -0.3 is 5.11 Å². The van der Waals surface area contributed by atoms with Crippen molar-refractivity contribution in [3.05, 3.63) is 50.6 Å². The summed E-state index contributed by atoms with van der Waals surface area (Å²) in [7, 11) is 0. The predicted octanol–water partition coefficient (Wildman–Crippen LogP) is 3.15. The van der Waals surface area contributed by atoms with Crippen LogP contribution in [0.2, 0.25) is 0 Å². The maximum atomic E-state index is 11.2. The fourth-order valence-corrected chi connectivity index (χ4v) is 4.59.